The monoisotopic (exact) mass is 115 g/mol. The van der Waals surface area contributed by atoms with Crippen LogP contribution >= 0.6 is 0 Å². The van der Waals surface area contributed by atoms with Crippen LogP contribution in [0.2, 0.25) is 0 Å². The molecule has 1 rings (SSSR count). The molecule has 0 aliphatic carbocycles. The Balaban J connectivity index is 2.44. The Labute approximate surface area is 48.9 Å². The first-order valence-electron chi connectivity index (χ1n) is 2.70. The van der Waals surface area contributed by atoms with E-state index >= 15 is 0 Å². The van der Waals surface area contributed by atoms with Crippen molar-refractivity contribution in [3.63, 3.8) is 0 Å². The third kappa shape index (κ3) is 0.911. The zero-order valence-electron chi connectivity index (χ0n) is 5.27. The highest BCUT2D eigenvalue weighted by molar-refractivity contribution is 5.70. The minimum atomic E-state index is 0.965. The van der Waals surface area contributed by atoms with Crippen molar-refractivity contribution in [2.75, 3.05) is 20.7 Å². The maximum Gasteiger partial charge on any atom is 0.364 e. The SMILES string of the molecule is COC1=[NH+]N(C)CC1. The average molecular weight is 115 g/mol. The van der Waals surface area contributed by atoms with Crippen LogP contribution in [0.15, 0.2) is 0 Å². The van der Waals surface area contributed by atoms with Crippen molar-refractivity contribution < 1.29 is 9.84 Å². The molecule has 1 heterocycles. The second kappa shape index (κ2) is 2.03. The summed E-state index contributed by atoms with van der Waals surface area (Å²) in [6, 6.07) is 0. The number of rotatable bonds is 0. The maximum absolute atomic E-state index is 4.95. The number of hydrazine groups is 1. The van der Waals surface area contributed by atoms with E-state index in [2.05, 4.69) is 5.10 Å². The predicted molar refractivity (Wildman–Crippen MR) is 30.2 cm³/mol. The minimum absolute atomic E-state index is 0.965. The van der Waals surface area contributed by atoms with Crippen molar-refractivity contribution >= 4 is 5.90 Å². The van der Waals surface area contributed by atoms with Gasteiger partial charge in [0.1, 0.15) is 0 Å². The van der Waals surface area contributed by atoms with Crippen molar-refractivity contribution in [1.82, 2.24) is 5.01 Å². The molecule has 0 amide bonds. The second-order valence-electron chi connectivity index (χ2n) is 1.91. The summed E-state index contributed by atoms with van der Waals surface area (Å²) in [5.41, 5.74) is 0. The third-order valence-electron chi connectivity index (χ3n) is 1.24. The second-order valence-corrected chi connectivity index (χ2v) is 1.91. The topological polar surface area (TPSA) is 26.4 Å². The molecule has 0 unspecified atom stereocenters. The highest BCUT2D eigenvalue weighted by Crippen LogP contribution is 1.85. The van der Waals surface area contributed by atoms with E-state index in [0.29, 0.717) is 0 Å². The lowest BCUT2D eigenvalue weighted by Gasteiger charge is -1.92. The zero-order valence-corrected chi connectivity index (χ0v) is 5.27. The highest BCUT2D eigenvalue weighted by Gasteiger charge is 2.16. The van der Waals surface area contributed by atoms with Gasteiger partial charge in [-0.05, 0) is 0 Å². The lowest BCUT2D eigenvalue weighted by atomic mass is 10.4. The van der Waals surface area contributed by atoms with Crippen LogP contribution < -0.4 is 5.10 Å². The summed E-state index contributed by atoms with van der Waals surface area (Å²) >= 11 is 0. The van der Waals surface area contributed by atoms with Gasteiger partial charge in [-0.1, -0.05) is 5.10 Å². The van der Waals surface area contributed by atoms with Gasteiger partial charge in [-0.2, -0.15) is 5.01 Å². The van der Waals surface area contributed by atoms with Crippen molar-refractivity contribution in [3.8, 4) is 0 Å². The van der Waals surface area contributed by atoms with E-state index in [9.17, 15) is 0 Å². The Morgan fingerprint density at radius 3 is 2.75 bits per heavy atom. The van der Waals surface area contributed by atoms with Gasteiger partial charge in [0.25, 0.3) is 0 Å². The van der Waals surface area contributed by atoms with Gasteiger partial charge in [0.2, 0.25) is 0 Å². The first-order chi connectivity index (χ1) is 3.83. The molecular weight excluding hydrogens is 104 g/mol. The van der Waals surface area contributed by atoms with E-state index in [1.807, 2.05) is 12.1 Å². The van der Waals surface area contributed by atoms with Crippen LogP contribution in [-0.2, 0) is 4.74 Å². The quantitative estimate of drug-likeness (QED) is 0.410. The lowest BCUT2D eigenvalue weighted by Crippen LogP contribution is -2.79. The predicted octanol–water partition coefficient (Wildman–Crippen LogP) is -1.64. The molecule has 0 bridgehead atoms. The molecule has 1 aliphatic heterocycles. The number of ether oxygens (including phenoxy) is 1. The Bertz CT molecular complexity index is 111. The van der Waals surface area contributed by atoms with Crippen LogP contribution in [0.4, 0.5) is 0 Å². The largest absolute Gasteiger partial charge is 0.449 e. The summed E-state index contributed by atoms with van der Waals surface area (Å²) in [6.45, 7) is 1.04. The fourth-order valence-electron chi connectivity index (χ4n) is 0.742. The number of nitrogens with zero attached hydrogens (tertiary/aromatic N) is 1. The highest BCUT2D eigenvalue weighted by atomic mass is 16.5. The molecule has 3 heteroatoms. The van der Waals surface area contributed by atoms with E-state index in [0.717, 1.165) is 18.9 Å². The molecule has 46 valence electrons. The Hall–Kier alpha value is -0.730. The minimum Gasteiger partial charge on any atom is -0.449 e. The molecule has 0 saturated carbocycles. The molecule has 3 nitrogen and oxygen atoms in total. The Morgan fingerprint density at radius 1 is 1.75 bits per heavy atom. The Kier molecular flexibility index (Phi) is 1.37. The van der Waals surface area contributed by atoms with Crippen molar-refractivity contribution in [3.05, 3.63) is 0 Å². The van der Waals surface area contributed by atoms with Gasteiger partial charge in [-0.3, -0.25) is 0 Å². The number of hydrazone groups is 1. The summed E-state index contributed by atoms with van der Waals surface area (Å²) < 4.78 is 4.95. The van der Waals surface area contributed by atoms with Gasteiger partial charge in [-0.25, -0.2) is 0 Å². The summed E-state index contributed by atoms with van der Waals surface area (Å²) in [5.74, 6) is 0.965. The molecule has 1 aliphatic rings. The van der Waals surface area contributed by atoms with E-state index in [-0.39, 0.29) is 0 Å². The van der Waals surface area contributed by atoms with E-state index in [1.165, 1.54) is 0 Å². The summed E-state index contributed by atoms with van der Waals surface area (Å²) in [5, 5.41) is 5.03. The van der Waals surface area contributed by atoms with Crippen molar-refractivity contribution in [1.29, 1.82) is 0 Å². The molecule has 0 aromatic carbocycles. The van der Waals surface area contributed by atoms with Crippen LogP contribution in [0.5, 0.6) is 0 Å². The molecular formula is C5H11N2O+. The first-order valence-corrected chi connectivity index (χ1v) is 2.70. The number of nitrogens with one attached hydrogen (secondary N) is 1. The van der Waals surface area contributed by atoms with Gasteiger partial charge in [0, 0.05) is 0 Å². The van der Waals surface area contributed by atoms with Crippen LogP contribution in [0.25, 0.3) is 0 Å². The van der Waals surface area contributed by atoms with Crippen LogP contribution in [-0.4, -0.2) is 31.6 Å². The molecule has 1 N–H and O–H groups in total. The molecule has 8 heavy (non-hydrogen) atoms. The molecule has 0 atom stereocenters. The van der Waals surface area contributed by atoms with Gasteiger partial charge >= 0.3 is 5.90 Å². The normalized spacial score (nSPS) is 18.8. The summed E-state index contributed by atoms with van der Waals surface area (Å²) in [7, 11) is 3.67. The standard InChI is InChI=1S/C5H10N2O/c1-7-4-3-5(6-7)8-2/h3-4H2,1-2H3/p+1. The zero-order chi connectivity index (χ0) is 5.98. The van der Waals surface area contributed by atoms with E-state index in [4.69, 9.17) is 4.74 Å². The van der Waals surface area contributed by atoms with Crippen LogP contribution in [0, 0.1) is 0 Å². The number of methoxy groups -OCH3 is 1. The molecule has 0 fully saturated rings. The van der Waals surface area contributed by atoms with E-state index < -0.39 is 0 Å². The third-order valence-corrected chi connectivity index (χ3v) is 1.24. The molecule has 0 saturated heterocycles. The van der Waals surface area contributed by atoms with E-state index in [1.54, 1.807) is 7.11 Å². The van der Waals surface area contributed by atoms with Crippen molar-refractivity contribution in [2.45, 2.75) is 6.42 Å². The van der Waals surface area contributed by atoms with Crippen molar-refractivity contribution in [2.24, 2.45) is 0 Å². The molecule has 0 spiro atoms. The van der Waals surface area contributed by atoms with Gasteiger partial charge < -0.3 is 4.74 Å². The van der Waals surface area contributed by atoms with Crippen LogP contribution in [0.3, 0.4) is 0 Å². The Morgan fingerprint density at radius 2 is 2.50 bits per heavy atom. The maximum atomic E-state index is 4.95. The molecule has 0 aromatic rings. The lowest BCUT2D eigenvalue weighted by molar-refractivity contribution is -0.632. The van der Waals surface area contributed by atoms with Crippen LogP contribution in [0.1, 0.15) is 6.42 Å². The average Bonchev–Trinajstić information content (AvgIpc) is 2.14. The number of hydrogen-bond donors (Lipinski definition) is 1. The van der Waals surface area contributed by atoms with Gasteiger partial charge in [0.15, 0.2) is 0 Å². The summed E-state index contributed by atoms with van der Waals surface area (Å²) in [6.07, 6.45) is 1.01. The molecule has 0 aromatic heterocycles. The molecule has 0 radical (unpaired) electrons. The summed E-state index contributed by atoms with van der Waals surface area (Å²) in [4.78, 5) is 0. The number of hydrogen-bond acceptors (Lipinski definition) is 2. The fourth-order valence-corrected chi connectivity index (χ4v) is 0.742. The smallest absolute Gasteiger partial charge is 0.364 e. The van der Waals surface area contributed by atoms with Gasteiger partial charge in [0.05, 0.1) is 27.1 Å². The fraction of sp³-hybridized carbons (Fsp3) is 0.800. The van der Waals surface area contributed by atoms with Gasteiger partial charge in [-0.15, -0.1) is 0 Å². The first kappa shape index (κ1) is 5.41.